The molecule has 0 radical (unpaired) electrons. The van der Waals surface area contributed by atoms with E-state index >= 15 is 0 Å². The van der Waals surface area contributed by atoms with Gasteiger partial charge in [0.15, 0.2) is 0 Å². The zero-order chi connectivity index (χ0) is 13.9. The van der Waals surface area contributed by atoms with E-state index in [2.05, 4.69) is 31.3 Å². The Kier molecular flexibility index (Phi) is 8.31. The molecular weight excluding hydrogens is 234 g/mol. The SMILES string of the molecule is CCCCCCCNC(C)Cc1ccccc1OC. The topological polar surface area (TPSA) is 21.3 Å². The third kappa shape index (κ3) is 6.63. The van der Waals surface area contributed by atoms with E-state index < -0.39 is 0 Å². The first-order valence-corrected chi connectivity index (χ1v) is 7.63. The van der Waals surface area contributed by atoms with Gasteiger partial charge in [0.05, 0.1) is 7.11 Å². The summed E-state index contributed by atoms with van der Waals surface area (Å²) >= 11 is 0. The maximum atomic E-state index is 5.39. The highest BCUT2D eigenvalue weighted by Gasteiger charge is 2.06. The molecule has 0 saturated carbocycles. The van der Waals surface area contributed by atoms with Crippen molar-refractivity contribution in [2.24, 2.45) is 0 Å². The molecule has 0 spiro atoms. The Bertz CT molecular complexity index is 338. The van der Waals surface area contributed by atoms with Gasteiger partial charge in [0, 0.05) is 6.04 Å². The van der Waals surface area contributed by atoms with E-state index in [-0.39, 0.29) is 0 Å². The maximum Gasteiger partial charge on any atom is 0.122 e. The van der Waals surface area contributed by atoms with Crippen LogP contribution in [0.15, 0.2) is 24.3 Å². The van der Waals surface area contributed by atoms with Crippen molar-refractivity contribution in [3.05, 3.63) is 29.8 Å². The van der Waals surface area contributed by atoms with Crippen LogP contribution in [0, 0.1) is 0 Å². The molecule has 0 aliphatic carbocycles. The minimum Gasteiger partial charge on any atom is -0.496 e. The maximum absolute atomic E-state index is 5.39. The number of hydrogen-bond acceptors (Lipinski definition) is 2. The lowest BCUT2D eigenvalue weighted by Crippen LogP contribution is -2.29. The molecular formula is C17H29NO. The van der Waals surface area contributed by atoms with Crippen molar-refractivity contribution in [1.82, 2.24) is 5.32 Å². The van der Waals surface area contributed by atoms with Gasteiger partial charge in [0.25, 0.3) is 0 Å². The lowest BCUT2D eigenvalue weighted by atomic mass is 10.1. The molecule has 0 amide bonds. The van der Waals surface area contributed by atoms with Crippen LogP contribution in [0.2, 0.25) is 0 Å². The van der Waals surface area contributed by atoms with E-state index in [9.17, 15) is 0 Å². The van der Waals surface area contributed by atoms with Crippen LogP contribution in [0.25, 0.3) is 0 Å². The summed E-state index contributed by atoms with van der Waals surface area (Å²) in [4.78, 5) is 0. The number of methoxy groups -OCH3 is 1. The van der Waals surface area contributed by atoms with Crippen molar-refractivity contribution < 1.29 is 4.74 Å². The Morgan fingerprint density at radius 2 is 1.84 bits per heavy atom. The average Bonchev–Trinajstić information content (AvgIpc) is 2.43. The fourth-order valence-electron chi connectivity index (χ4n) is 2.35. The largest absolute Gasteiger partial charge is 0.496 e. The second-order valence-corrected chi connectivity index (χ2v) is 5.29. The van der Waals surface area contributed by atoms with Crippen LogP contribution in [0.4, 0.5) is 0 Å². The fourth-order valence-corrected chi connectivity index (χ4v) is 2.35. The molecule has 1 atom stereocenters. The molecule has 0 aromatic heterocycles. The average molecular weight is 263 g/mol. The molecule has 0 fully saturated rings. The minimum atomic E-state index is 0.502. The van der Waals surface area contributed by atoms with Crippen LogP contribution in [-0.4, -0.2) is 19.7 Å². The predicted molar refractivity (Wildman–Crippen MR) is 82.9 cm³/mol. The Morgan fingerprint density at radius 3 is 2.58 bits per heavy atom. The summed E-state index contributed by atoms with van der Waals surface area (Å²) in [6, 6.07) is 8.79. The van der Waals surface area contributed by atoms with Gasteiger partial charge in [-0.1, -0.05) is 50.8 Å². The number of ether oxygens (including phenoxy) is 1. The molecule has 1 rings (SSSR count). The normalized spacial score (nSPS) is 12.4. The minimum absolute atomic E-state index is 0.502. The zero-order valence-corrected chi connectivity index (χ0v) is 12.7. The molecule has 1 aromatic rings. The van der Waals surface area contributed by atoms with Gasteiger partial charge in [-0.05, 0) is 37.9 Å². The van der Waals surface area contributed by atoms with E-state index in [4.69, 9.17) is 4.74 Å². The molecule has 0 aliphatic heterocycles. The summed E-state index contributed by atoms with van der Waals surface area (Å²) in [5.41, 5.74) is 1.29. The second-order valence-electron chi connectivity index (χ2n) is 5.29. The van der Waals surface area contributed by atoms with Crippen LogP contribution in [0.1, 0.15) is 51.5 Å². The third-order valence-electron chi connectivity index (χ3n) is 3.49. The molecule has 1 unspecified atom stereocenters. The smallest absolute Gasteiger partial charge is 0.122 e. The van der Waals surface area contributed by atoms with E-state index in [1.165, 1.54) is 37.7 Å². The van der Waals surface area contributed by atoms with Crippen molar-refractivity contribution in [2.75, 3.05) is 13.7 Å². The van der Waals surface area contributed by atoms with Gasteiger partial charge < -0.3 is 10.1 Å². The van der Waals surface area contributed by atoms with Crippen molar-refractivity contribution in [1.29, 1.82) is 0 Å². The summed E-state index contributed by atoms with van der Waals surface area (Å²) in [5, 5.41) is 3.60. The van der Waals surface area contributed by atoms with Crippen LogP contribution in [-0.2, 0) is 6.42 Å². The monoisotopic (exact) mass is 263 g/mol. The quantitative estimate of drug-likeness (QED) is 0.639. The first-order valence-electron chi connectivity index (χ1n) is 7.63. The number of nitrogens with one attached hydrogen (secondary N) is 1. The summed E-state index contributed by atoms with van der Waals surface area (Å²) in [6.07, 6.45) is 7.73. The van der Waals surface area contributed by atoms with Gasteiger partial charge in [0.2, 0.25) is 0 Å². The number of rotatable bonds is 10. The summed E-state index contributed by atoms with van der Waals surface area (Å²) in [6.45, 7) is 5.63. The molecule has 1 aromatic carbocycles. The number of unbranched alkanes of at least 4 members (excludes halogenated alkanes) is 4. The first-order chi connectivity index (χ1) is 9.27. The number of para-hydroxylation sites is 1. The van der Waals surface area contributed by atoms with Crippen molar-refractivity contribution >= 4 is 0 Å². The molecule has 2 heteroatoms. The van der Waals surface area contributed by atoms with Crippen LogP contribution in [0.3, 0.4) is 0 Å². The molecule has 0 bridgehead atoms. The van der Waals surface area contributed by atoms with Gasteiger partial charge in [-0.15, -0.1) is 0 Å². The second kappa shape index (κ2) is 9.85. The molecule has 0 aliphatic rings. The van der Waals surface area contributed by atoms with E-state index in [0.29, 0.717) is 6.04 Å². The number of benzene rings is 1. The van der Waals surface area contributed by atoms with Gasteiger partial charge in [-0.25, -0.2) is 0 Å². The van der Waals surface area contributed by atoms with Crippen molar-refractivity contribution in [2.45, 2.75) is 58.4 Å². The summed E-state index contributed by atoms with van der Waals surface area (Å²) in [5.74, 6) is 0.999. The third-order valence-corrected chi connectivity index (χ3v) is 3.49. The van der Waals surface area contributed by atoms with Gasteiger partial charge in [-0.2, -0.15) is 0 Å². The van der Waals surface area contributed by atoms with Crippen LogP contribution >= 0.6 is 0 Å². The van der Waals surface area contributed by atoms with Gasteiger partial charge >= 0.3 is 0 Å². The lowest BCUT2D eigenvalue weighted by Gasteiger charge is -2.15. The molecule has 2 nitrogen and oxygen atoms in total. The van der Waals surface area contributed by atoms with Crippen molar-refractivity contribution in [3.63, 3.8) is 0 Å². The molecule has 108 valence electrons. The molecule has 1 N–H and O–H groups in total. The highest BCUT2D eigenvalue weighted by atomic mass is 16.5. The summed E-state index contributed by atoms with van der Waals surface area (Å²) < 4.78 is 5.39. The van der Waals surface area contributed by atoms with Crippen LogP contribution < -0.4 is 10.1 Å². The lowest BCUT2D eigenvalue weighted by molar-refractivity contribution is 0.405. The van der Waals surface area contributed by atoms with Crippen LogP contribution in [0.5, 0.6) is 5.75 Å². The Balaban J connectivity index is 2.21. The number of hydrogen-bond donors (Lipinski definition) is 1. The van der Waals surface area contributed by atoms with Crippen molar-refractivity contribution in [3.8, 4) is 5.75 Å². The molecule has 0 heterocycles. The predicted octanol–water partition coefficient (Wildman–Crippen LogP) is 4.19. The highest BCUT2D eigenvalue weighted by molar-refractivity contribution is 5.33. The van der Waals surface area contributed by atoms with E-state index in [1.807, 2.05) is 12.1 Å². The standard InChI is InChI=1S/C17H29NO/c1-4-5-6-7-10-13-18-15(2)14-16-11-8-9-12-17(16)19-3/h8-9,11-12,15,18H,4-7,10,13-14H2,1-3H3. The Morgan fingerprint density at radius 1 is 1.11 bits per heavy atom. The molecule has 0 saturated heterocycles. The first kappa shape index (κ1) is 16.0. The van der Waals surface area contributed by atoms with E-state index in [0.717, 1.165) is 18.7 Å². The van der Waals surface area contributed by atoms with Gasteiger partial charge in [0.1, 0.15) is 5.75 Å². The zero-order valence-electron chi connectivity index (χ0n) is 12.7. The highest BCUT2D eigenvalue weighted by Crippen LogP contribution is 2.18. The fraction of sp³-hybridized carbons (Fsp3) is 0.647. The molecule has 19 heavy (non-hydrogen) atoms. The Labute approximate surface area is 118 Å². The Hall–Kier alpha value is -1.02. The summed E-state index contributed by atoms with van der Waals surface area (Å²) in [7, 11) is 1.74. The van der Waals surface area contributed by atoms with Gasteiger partial charge in [-0.3, -0.25) is 0 Å². The van der Waals surface area contributed by atoms with E-state index in [1.54, 1.807) is 7.11 Å².